The number of benzene rings is 2. The summed E-state index contributed by atoms with van der Waals surface area (Å²) in [5, 5.41) is 9.26. The molecule has 0 fully saturated rings. The fraction of sp³-hybridized carbons (Fsp3) is 0.306. The van der Waals surface area contributed by atoms with Crippen LogP contribution in [0.3, 0.4) is 0 Å². The molecule has 222 valence electrons. The van der Waals surface area contributed by atoms with Crippen molar-refractivity contribution in [1.82, 2.24) is 0 Å². The number of nitrogens with two attached hydrogens (primary N) is 1. The molecule has 0 saturated carbocycles. The normalized spacial score (nSPS) is 12.6. The molecule has 4 nitrogen and oxygen atoms in total. The molecule has 0 aliphatic heterocycles. The number of rotatable bonds is 17. The second kappa shape index (κ2) is 19.1. The summed E-state index contributed by atoms with van der Waals surface area (Å²) in [7, 11) is 3.84. The van der Waals surface area contributed by atoms with Crippen molar-refractivity contribution < 1.29 is 9.88 Å². The largest absolute Gasteiger partial charge is 0.384 e. The third-order valence-corrected chi connectivity index (χ3v) is 9.23. The number of anilines is 2. The van der Waals surface area contributed by atoms with Crippen LogP contribution >= 0.6 is 21.6 Å². The van der Waals surface area contributed by atoms with E-state index in [1.807, 2.05) is 21.6 Å². The monoisotopic (exact) mass is 600 g/mol. The van der Waals surface area contributed by atoms with Gasteiger partial charge in [0.2, 0.25) is 0 Å². The third-order valence-electron chi connectivity index (χ3n) is 6.83. The van der Waals surface area contributed by atoms with Crippen molar-refractivity contribution in [2.24, 2.45) is 0 Å². The van der Waals surface area contributed by atoms with Gasteiger partial charge in [-0.15, -0.1) is 0 Å². The Morgan fingerprint density at radius 1 is 0.786 bits per heavy atom. The van der Waals surface area contributed by atoms with Gasteiger partial charge in [0.15, 0.2) is 12.4 Å². The average Bonchev–Trinajstić information content (AvgIpc) is 3.02. The van der Waals surface area contributed by atoms with E-state index in [0.717, 1.165) is 37.7 Å². The standard InChI is InChI=1S/C36H46N4S2/c1-6-33(17-20-37-7-2)29(4)27-31-9-13-35(14-10-31)38-21-25-41-42-26-22-39-36-15-11-32(12-16-36)28-30(5)34-18-23-40(8-3)24-19-34/h6,9-20,23-24,27-28,37-38H,7-8,21-22,25-26H2,1-5H3/p+2/b20-17-,29-27+,33-6+. The highest BCUT2D eigenvalue weighted by Gasteiger charge is 2.02. The molecule has 4 N–H and O–H groups in total. The second-order valence-electron chi connectivity index (χ2n) is 10.1. The fourth-order valence-electron chi connectivity index (χ4n) is 4.35. The van der Waals surface area contributed by atoms with Gasteiger partial charge in [0.1, 0.15) is 6.54 Å². The van der Waals surface area contributed by atoms with Crippen LogP contribution in [0, 0.1) is 0 Å². The smallest absolute Gasteiger partial charge is 0.169 e. The summed E-state index contributed by atoms with van der Waals surface area (Å²) in [6.07, 6.45) is 15.2. The van der Waals surface area contributed by atoms with Crippen LogP contribution in [0.15, 0.2) is 103 Å². The lowest BCUT2D eigenvalue weighted by atomic mass is 10.0. The molecule has 0 unspecified atom stereocenters. The van der Waals surface area contributed by atoms with E-state index in [0.29, 0.717) is 0 Å². The highest BCUT2D eigenvalue weighted by Crippen LogP contribution is 2.22. The summed E-state index contributed by atoms with van der Waals surface area (Å²) in [6, 6.07) is 21.8. The first-order chi connectivity index (χ1) is 20.5. The molecule has 0 atom stereocenters. The van der Waals surface area contributed by atoms with Crippen LogP contribution < -0.4 is 20.5 Å². The van der Waals surface area contributed by atoms with Gasteiger partial charge in [0.25, 0.3) is 0 Å². The lowest BCUT2D eigenvalue weighted by molar-refractivity contribution is -0.693. The number of hydrogen-bond acceptors (Lipinski definition) is 4. The first-order valence-electron chi connectivity index (χ1n) is 15.0. The molecule has 0 radical (unpaired) electrons. The molecule has 0 spiro atoms. The minimum absolute atomic E-state index is 0.955. The Morgan fingerprint density at radius 3 is 1.83 bits per heavy atom. The maximum atomic E-state index is 3.54. The Labute approximate surface area is 261 Å². The Morgan fingerprint density at radius 2 is 1.33 bits per heavy atom. The maximum absolute atomic E-state index is 3.54. The Hall–Kier alpha value is -3.19. The number of aromatic nitrogens is 1. The van der Waals surface area contributed by atoms with Crippen LogP contribution in [0.1, 0.15) is 51.3 Å². The number of allylic oxidation sites excluding steroid dienone is 5. The van der Waals surface area contributed by atoms with Gasteiger partial charge in [-0.1, -0.05) is 64.1 Å². The quantitative estimate of drug-likeness (QED) is 0.0638. The molecule has 0 aliphatic carbocycles. The minimum atomic E-state index is 0.955. The Balaban J connectivity index is 1.30. The van der Waals surface area contributed by atoms with Crippen molar-refractivity contribution in [1.29, 1.82) is 0 Å². The molecule has 6 heteroatoms. The molecule has 3 aromatic rings. The van der Waals surface area contributed by atoms with Gasteiger partial charge >= 0.3 is 0 Å². The number of pyridine rings is 1. The predicted molar refractivity (Wildman–Crippen MR) is 190 cm³/mol. The summed E-state index contributed by atoms with van der Waals surface area (Å²) in [5.41, 5.74) is 9.85. The van der Waals surface area contributed by atoms with Crippen molar-refractivity contribution in [3.8, 4) is 0 Å². The average molecular weight is 601 g/mol. The molecule has 0 aliphatic rings. The minimum Gasteiger partial charge on any atom is -0.384 e. The SMILES string of the molecule is C/C=C(\C=C/[NH2+]CC)C(/C)=C/c1ccc(NCCSSCCNc2ccc(/C=C(\C)c3cc[n+](CC)cc3)cc2)cc1. The summed E-state index contributed by atoms with van der Waals surface area (Å²) >= 11 is 0. The lowest BCUT2D eigenvalue weighted by Crippen LogP contribution is -2.77. The van der Waals surface area contributed by atoms with Gasteiger partial charge < -0.3 is 16.0 Å². The first-order valence-corrected chi connectivity index (χ1v) is 17.5. The second-order valence-corrected chi connectivity index (χ2v) is 12.8. The molecule has 2 aromatic carbocycles. The van der Waals surface area contributed by atoms with Gasteiger partial charge in [0.05, 0.1) is 12.7 Å². The van der Waals surface area contributed by atoms with Gasteiger partial charge in [-0.3, -0.25) is 0 Å². The fourth-order valence-corrected chi connectivity index (χ4v) is 6.16. The molecule has 0 saturated heterocycles. The van der Waals surface area contributed by atoms with Crippen LogP contribution in [0.5, 0.6) is 0 Å². The zero-order valence-corrected chi connectivity index (χ0v) is 27.5. The molecule has 0 bridgehead atoms. The lowest BCUT2D eigenvalue weighted by Gasteiger charge is -2.08. The van der Waals surface area contributed by atoms with Crippen LogP contribution in [0.25, 0.3) is 17.7 Å². The molecule has 3 rings (SSSR count). The molecule has 42 heavy (non-hydrogen) atoms. The molecule has 1 aromatic heterocycles. The Bertz CT molecular complexity index is 1320. The summed E-state index contributed by atoms with van der Waals surface area (Å²) in [6.45, 7) is 14.7. The van der Waals surface area contributed by atoms with Gasteiger partial charge in [0, 0.05) is 48.1 Å². The van der Waals surface area contributed by atoms with E-state index in [1.165, 1.54) is 44.8 Å². The van der Waals surface area contributed by atoms with Gasteiger partial charge in [-0.2, -0.15) is 0 Å². The van der Waals surface area contributed by atoms with Crippen molar-refractivity contribution >= 4 is 50.7 Å². The third kappa shape index (κ3) is 12.0. The van der Waals surface area contributed by atoms with E-state index in [-0.39, 0.29) is 0 Å². The van der Waals surface area contributed by atoms with Crippen molar-refractivity contribution in [2.45, 2.75) is 41.2 Å². The van der Waals surface area contributed by atoms with Crippen molar-refractivity contribution in [2.75, 3.05) is 41.8 Å². The van der Waals surface area contributed by atoms with E-state index in [9.17, 15) is 0 Å². The van der Waals surface area contributed by atoms with Crippen molar-refractivity contribution in [3.63, 3.8) is 0 Å². The topological polar surface area (TPSA) is 44.6 Å². The maximum Gasteiger partial charge on any atom is 0.169 e. The zero-order chi connectivity index (χ0) is 30.0. The highest BCUT2D eigenvalue weighted by molar-refractivity contribution is 8.76. The van der Waals surface area contributed by atoms with E-state index in [2.05, 4.69) is 159 Å². The number of quaternary nitrogens is 1. The number of hydrogen-bond donors (Lipinski definition) is 3. The predicted octanol–water partition coefficient (Wildman–Crippen LogP) is 7.91. The molecule has 0 amide bonds. The van der Waals surface area contributed by atoms with E-state index in [4.69, 9.17) is 0 Å². The molecule has 1 heterocycles. The van der Waals surface area contributed by atoms with Gasteiger partial charge in [-0.05, 0) is 98.4 Å². The van der Waals surface area contributed by atoms with Crippen LogP contribution in [0.4, 0.5) is 11.4 Å². The Kier molecular flexibility index (Phi) is 15.1. The van der Waals surface area contributed by atoms with Crippen LogP contribution in [0.2, 0.25) is 0 Å². The van der Waals surface area contributed by atoms with Crippen LogP contribution in [-0.4, -0.2) is 31.1 Å². The summed E-state index contributed by atoms with van der Waals surface area (Å²) in [4.78, 5) is 0. The zero-order valence-electron chi connectivity index (χ0n) is 25.9. The number of nitrogens with zero attached hydrogens (tertiary/aromatic N) is 1. The first kappa shape index (κ1) is 33.3. The van der Waals surface area contributed by atoms with E-state index >= 15 is 0 Å². The number of aryl methyl sites for hydroxylation is 1. The van der Waals surface area contributed by atoms with E-state index < -0.39 is 0 Å². The summed E-state index contributed by atoms with van der Waals surface area (Å²) < 4.78 is 2.18. The molecular weight excluding hydrogens is 553 g/mol. The number of nitrogens with one attached hydrogen (secondary N) is 2. The summed E-state index contributed by atoms with van der Waals surface area (Å²) in [5.74, 6) is 2.13. The molecular formula is C36H48N4S2+2. The van der Waals surface area contributed by atoms with Gasteiger partial charge in [-0.25, -0.2) is 4.57 Å². The van der Waals surface area contributed by atoms with Crippen molar-refractivity contribution in [3.05, 3.63) is 119 Å². The highest BCUT2D eigenvalue weighted by atomic mass is 33.1. The van der Waals surface area contributed by atoms with E-state index in [1.54, 1.807) is 0 Å². The van der Waals surface area contributed by atoms with Crippen LogP contribution in [-0.2, 0) is 6.54 Å².